The molecule has 2 rings (SSSR count). The zero-order valence-electron chi connectivity index (χ0n) is 17.6. The van der Waals surface area contributed by atoms with Crippen LogP contribution in [0.5, 0.6) is 0 Å². The van der Waals surface area contributed by atoms with Crippen LogP contribution in [0, 0.1) is 19.8 Å². The van der Waals surface area contributed by atoms with Gasteiger partial charge in [-0.05, 0) is 57.9 Å². The minimum atomic E-state index is -0.254. The molecule has 0 aliphatic heterocycles. The Morgan fingerprint density at radius 1 is 1.00 bits per heavy atom. The van der Waals surface area contributed by atoms with Crippen LogP contribution >= 0.6 is 0 Å². The number of anilines is 2. The lowest BCUT2D eigenvalue weighted by molar-refractivity contribution is -0.115. The van der Waals surface area contributed by atoms with Crippen molar-refractivity contribution in [2.24, 2.45) is 5.92 Å². The van der Waals surface area contributed by atoms with E-state index in [1.807, 2.05) is 32.4 Å². The zero-order chi connectivity index (χ0) is 20.8. The summed E-state index contributed by atoms with van der Waals surface area (Å²) < 4.78 is 1.98. The number of aryl methyl sites for hydroxylation is 1. The Hall–Kier alpha value is -2.83. The molecule has 1 heterocycles. The molecule has 1 aromatic heterocycles. The summed E-state index contributed by atoms with van der Waals surface area (Å²) in [4.78, 5) is 24.2. The fourth-order valence-electron chi connectivity index (χ4n) is 2.95. The van der Waals surface area contributed by atoms with Crippen molar-refractivity contribution in [2.45, 2.75) is 60.5 Å². The van der Waals surface area contributed by atoms with Gasteiger partial charge in [0.15, 0.2) is 0 Å². The van der Waals surface area contributed by atoms with Crippen molar-refractivity contribution in [2.75, 3.05) is 10.6 Å². The molecule has 0 saturated carbocycles. The van der Waals surface area contributed by atoms with Gasteiger partial charge in [0.1, 0.15) is 0 Å². The number of urea groups is 1. The van der Waals surface area contributed by atoms with Crippen molar-refractivity contribution in [3.63, 3.8) is 0 Å². The predicted octanol–water partition coefficient (Wildman–Crippen LogP) is 3.87. The highest BCUT2D eigenvalue weighted by molar-refractivity contribution is 5.93. The van der Waals surface area contributed by atoms with Gasteiger partial charge >= 0.3 is 6.03 Å². The molecule has 3 amide bonds. The Labute approximate surface area is 166 Å². The highest BCUT2D eigenvalue weighted by atomic mass is 16.2. The standard InChI is InChI=1S/C21H31N5O2/c1-13(2)12-26-16(6)19(15(5)25-26)11-20(27)23-17-7-9-18(10-8-17)24-21(28)22-14(3)4/h7-10,13-14H,11-12H2,1-6H3,(H,23,27)(H2,22,24,28). The van der Waals surface area contributed by atoms with Crippen LogP contribution < -0.4 is 16.0 Å². The average Bonchev–Trinajstić information content (AvgIpc) is 2.82. The Morgan fingerprint density at radius 3 is 2.11 bits per heavy atom. The first-order valence-electron chi connectivity index (χ1n) is 9.66. The highest BCUT2D eigenvalue weighted by Gasteiger charge is 2.15. The molecular weight excluding hydrogens is 354 g/mol. The molecular formula is C21H31N5O2. The normalized spacial score (nSPS) is 11.0. The van der Waals surface area contributed by atoms with E-state index in [9.17, 15) is 9.59 Å². The van der Waals surface area contributed by atoms with Crippen LogP contribution in [0.25, 0.3) is 0 Å². The molecule has 0 radical (unpaired) electrons. The van der Waals surface area contributed by atoms with E-state index in [1.165, 1.54) is 0 Å². The van der Waals surface area contributed by atoms with Crippen LogP contribution in [-0.4, -0.2) is 27.8 Å². The second-order valence-electron chi connectivity index (χ2n) is 7.78. The fourth-order valence-corrected chi connectivity index (χ4v) is 2.95. The molecule has 0 aliphatic carbocycles. The van der Waals surface area contributed by atoms with Gasteiger partial charge in [-0.2, -0.15) is 5.10 Å². The lowest BCUT2D eigenvalue weighted by Crippen LogP contribution is -2.34. The molecule has 0 bridgehead atoms. The number of nitrogens with one attached hydrogen (secondary N) is 3. The third-order valence-corrected chi connectivity index (χ3v) is 4.25. The third-order valence-electron chi connectivity index (χ3n) is 4.25. The molecule has 0 aliphatic rings. The van der Waals surface area contributed by atoms with E-state index in [1.54, 1.807) is 24.3 Å². The topological polar surface area (TPSA) is 88.1 Å². The molecule has 3 N–H and O–H groups in total. The molecule has 0 atom stereocenters. The van der Waals surface area contributed by atoms with E-state index >= 15 is 0 Å². The van der Waals surface area contributed by atoms with Gasteiger partial charge in [-0.15, -0.1) is 0 Å². The van der Waals surface area contributed by atoms with E-state index in [-0.39, 0.29) is 24.4 Å². The number of hydrogen-bond donors (Lipinski definition) is 3. The van der Waals surface area contributed by atoms with Crippen LogP contribution in [0.1, 0.15) is 44.6 Å². The maximum Gasteiger partial charge on any atom is 0.319 e. The average molecular weight is 386 g/mol. The smallest absolute Gasteiger partial charge is 0.319 e. The summed E-state index contributed by atoms with van der Waals surface area (Å²) in [6.07, 6.45) is 0.284. The van der Waals surface area contributed by atoms with Crippen LogP contribution in [0.15, 0.2) is 24.3 Å². The molecule has 1 aromatic carbocycles. The predicted molar refractivity (Wildman–Crippen MR) is 113 cm³/mol. The van der Waals surface area contributed by atoms with Gasteiger partial charge < -0.3 is 16.0 Å². The van der Waals surface area contributed by atoms with Gasteiger partial charge in [-0.25, -0.2) is 4.79 Å². The zero-order valence-corrected chi connectivity index (χ0v) is 17.6. The number of hydrogen-bond acceptors (Lipinski definition) is 3. The minimum Gasteiger partial charge on any atom is -0.336 e. The van der Waals surface area contributed by atoms with E-state index < -0.39 is 0 Å². The lowest BCUT2D eigenvalue weighted by atomic mass is 10.1. The molecule has 0 unspecified atom stereocenters. The van der Waals surface area contributed by atoms with Crippen molar-refractivity contribution in [3.8, 4) is 0 Å². The molecule has 0 spiro atoms. The second kappa shape index (κ2) is 9.39. The van der Waals surface area contributed by atoms with Gasteiger partial charge in [-0.3, -0.25) is 9.48 Å². The quantitative estimate of drug-likeness (QED) is 0.676. The van der Waals surface area contributed by atoms with Crippen molar-refractivity contribution in [1.29, 1.82) is 0 Å². The summed E-state index contributed by atoms with van der Waals surface area (Å²) in [5, 5.41) is 13.0. The Balaban J connectivity index is 1.96. The number of carbonyl (C=O) groups excluding carboxylic acids is 2. The summed E-state index contributed by atoms with van der Waals surface area (Å²) in [6.45, 7) is 12.9. The van der Waals surface area contributed by atoms with Crippen LogP contribution in [0.4, 0.5) is 16.2 Å². The number of aromatic nitrogens is 2. The third kappa shape index (κ3) is 6.11. The summed E-state index contributed by atoms with van der Waals surface area (Å²) >= 11 is 0. The summed E-state index contributed by atoms with van der Waals surface area (Å²) in [5.74, 6) is 0.406. The van der Waals surface area contributed by atoms with Crippen molar-refractivity contribution in [3.05, 3.63) is 41.2 Å². The van der Waals surface area contributed by atoms with Gasteiger partial charge in [0.05, 0.1) is 12.1 Å². The van der Waals surface area contributed by atoms with Gasteiger partial charge in [0, 0.05) is 35.2 Å². The van der Waals surface area contributed by atoms with E-state index in [0.717, 1.165) is 23.5 Å². The first kappa shape index (κ1) is 21.5. The van der Waals surface area contributed by atoms with Crippen LogP contribution in [0.3, 0.4) is 0 Å². The number of carbonyl (C=O) groups is 2. The summed E-state index contributed by atoms with van der Waals surface area (Å²) in [7, 11) is 0. The first-order chi connectivity index (χ1) is 13.2. The Bertz CT molecular complexity index is 822. The second-order valence-corrected chi connectivity index (χ2v) is 7.78. The number of rotatable bonds is 7. The van der Waals surface area contributed by atoms with E-state index in [4.69, 9.17) is 0 Å². The SMILES string of the molecule is Cc1nn(CC(C)C)c(C)c1CC(=O)Nc1ccc(NC(=O)NC(C)C)cc1. The molecule has 0 saturated heterocycles. The lowest BCUT2D eigenvalue weighted by Gasteiger charge is -2.11. The van der Waals surface area contributed by atoms with E-state index in [2.05, 4.69) is 34.9 Å². The Morgan fingerprint density at radius 2 is 1.57 bits per heavy atom. The van der Waals surface area contributed by atoms with E-state index in [0.29, 0.717) is 17.3 Å². The summed E-state index contributed by atoms with van der Waals surface area (Å²) in [6, 6.07) is 6.86. The number of amides is 3. The minimum absolute atomic E-state index is 0.0652. The van der Waals surface area contributed by atoms with Crippen LogP contribution in [-0.2, 0) is 17.8 Å². The molecule has 2 aromatic rings. The maximum absolute atomic E-state index is 12.5. The molecule has 7 heteroatoms. The number of nitrogens with zero attached hydrogens (tertiary/aromatic N) is 2. The van der Waals surface area contributed by atoms with Crippen molar-refractivity contribution >= 4 is 23.3 Å². The first-order valence-corrected chi connectivity index (χ1v) is 9.66. The molecule has 7 nitrogen and oxygen atoms in total. The van der Waals surface area contributed by atoms with Crippen molar-refractivity contribution in [1.82, 2.24) is 15.1 Å². The van der Waals surface area contributed by atoms with Gasteiger partial charge in [-0.1, -0.05) is 13.8 Å². The number of benzene rings is 1. The molecule has 28 heavy (non-hydrogen) atoms. The van der Waals surface area contributed by atoms with Gasteiger partial charge in [0.25, 0.3) is 0 Å². The summed E-state index contributed by atoms with van der Waals surface area (Å²) in [5.41, 5.74) is 4.25. The van der Waals surface area contributed by atoms with Gasteiger partial charge in [0.2, 0.25) is 5.91 Å². The van der Waals surface area contributed by atoms with Crippen LogP contribution in [0.2, 0.25) is 0 Å². The highest BCUT2D eigenvalue weighted by Crippen LogP contribution is 2.17. The fraction of sp³-hybridized carbons (Fsp3) is 0.476. The Kier molecular flexibility index (Phi) is 7.20. The maximum atomic E-state index is 12.5. The monoisotopic (exact) mass is 385 g/mol. The van der Waals surface area contributed by atoms with Crippen molar-refractivity contribution < 1.29 is 9.59 Å². The molecule has 0 fully saturated rings. The largest absolute Gasteiger partial charge is 0.336 e. The molecule has 152 valence electrons.